The molecule has 1 rings (SSSR count). The molecular weight excluding hydrogens is 264 g/mol. The Kier molecular flexibility index (Phi) is 4.51. The van der Waals surface area contributed by atoms with Crippen LogP contribution in [0.15, 0.2) is 36.0 Å². The SMILES string of the molecule is N=C(N)C(=N)/C(N)=C\C(=O)Nc1ccc([N+](=O)[O-])cc1. The summed E-state index contributed by atoms with van der Waals surface area (Å²) in [5.41, 5.74) is 9.98. The molecular formula is C11H12N6O3. The average Bonchev–Trinajstić information content (AvgIpc) is 2.37. The van der Waals surface area contributed by atoms with E-state index in [0.29, 0.717) is 5.69 Å². The number of nitro benzene ring substituents is 1. The molecule has 0 unspecified atom stereocenters. The molecule has 0 saturated heterocycles. The number of carbonyl (C=O) groups is 1. The molecule has 0 aliphatic carbocycles. The van der Waals surface area contributed by atoms with Crippen molar-refractivity contribution in [1.82, 2.24) is 0 Å². The molecule has 1 aromatic carbocycles. The van der Waals surface area contributed by atoms with Crippen LogP contribution in [0.2, 0.25) is 0 Å². The number of benzene rings is 1. The first-order chi connectivity index (χ1) is 9.31. The van der Waals surface area contributed by atoms with Crippen LogP contribution in [-0.2, 0) is 4.79 Å². The van der Waals surface area contributed by atoms with Crippen LogP contribution in [0.1, 0.15) is 0 Å². The number of nitrogens with zero attached hydrogens (tertiary/aromatic N) is 1. The van der Waals surface area contributed by atoms with E-state index in [1.54, 1.807) is 0 Å². The minimum Gasteiger partial charge on any atom is -0.397 e. The summed E-state index contributed by atoms with van der Waals surface area (Å²) >= 11 is 0. The zero-order chi connectivity index (χ0) is 15.3. The number of nitrogens with two attached hydrogens (primary N) is 2. The van der Waals surface area contributed by atoms with Crippen molar-refractivity contribution in [2.24, 2.45) is 11.5 Å². The van der Waals surface area contributed by atoms with Gasteiger partial charge in [-0.15, -0.1) is 0 Å². The molecule has 20 heavy (non-hydrogen) atoms. The van der Waals surface area contributed by atoms with Gasteiger partial charge < -0.3 is 16.8 Å². The molecule has 1 amide bonds. The van der Waals surface area contributed by atoms with Crippen molar-refractivity contribution in [3.63, 3.8) is 0 Å². The number of nitrogens with one attached hydrogen (secondary N) is 3. The Labute approximate surface area is 113 Å². The predicted octanol–water partition coefficient (Wildman–Crippen LogP) is 0.332. The Hall–Kier alpha value is -3.23. The minimum atomic E-state index is -0.637. The quantitative estimate of drug-likeness (QED) is 0.171. The van der Waals surface area contributed by atoms with Crippen molar-refractivity contribution in [3.05, 3.63) is 46.2 Å². The van der Waals surface area contributed by atoms with E-state index in [2.05, 4.69) is 5.32 Å². The maximum atomic E-state index is 11.6. The first kappa shape index (κ1) is 14.8. The number of rotatable bonds is 5. The van der Waals surface area contributed by atoms with Crippen LogP contribution in [0.25, 0.3) is 0 Å². The molecule has 0 heterocycles. The fourth-order valence-corrected chi connectivity index (χ4v) is 1.21. The zero-order valence-electron chi connectivity index (χ0n) is 10.2. The summed E-state index contributed by atoms with van der Waals surface area (Å²) in [5.74, 6) is -1.19. The summed E-state index contributed by atoms with van der Waals surface area (Å²) in [6.07, 6.45) is 0.908. The number of hydrogen-bond donors (Lipinski definition) is 5. The largest absolute Gasteiger partial charge is 0.397 e. The number of amidine groups is 1. The topological polar surface area (TPSA) is 172 Å². The van der Waals surface area contributed by atoms with Gasteiger partial charge in [-0.1, -0.05) is 0 Å². The second-order valence-electron chi connectivity index (χ2n) is 3.68. The fraction of sp³-hybridized carbons (Fsp3) is 0. The predicted molar refractivity (Wildman–Crippen MR) is 73.6 cm³/mol. The lowest BCUT2D eigenvalue weighted by Crippen LogP contribution is -2.28. The molecule has 0 bridgehead atoms. The van der Waals surface area contributed by atoms with Crippen LogP contribution in [0.4, 0.5) is 11.4 Å². The number of amides is 1. The zero-order valence-corrected chi connectivity index (χ0v) is 10.2. The maximum absolute atomic E-state index is 11.6. The smallest absolute Gasteiger partial charge is 0.269 e. The summed E-state index contributed by atoms with van der Waals surface area (Å²) < 4.78 is 0. The second-order valence-corrected chi connectivity index (χ2v) is 3.68. The first-order valence-corrected chi connectivity index (χ1v) is 5.27. The van der Waals surface area contributed by atoms with E-state index in [0.717, 1.165) is 6.08 Å². The Bertz CT molecular complexity index is 605. The standard InChI is InChI=1S/C11H12N6O3/c12-8(10(13)11(14)15)5-9(18)16-6-1-3-7(4-2-6)17(19)20/h1-5,13H,12H2,(H3,14,15)(H,16,18)/b8-5+,13-10?. The molecule has 0 aliphatic heterocycles. The molecule has 0 aromatic heterocycles. The van der Waals surface area contributed by atoms with Crippen molar-refractivity contribution in [2.75, 3.05) is 5.32 Å². The molecule has 9 heteroatoms. The monoisotopic (exact) mass is 276 g/mol. The molecule has 0 aliphatic rings. The highest BCUT2D eigenvalue weighted by Crippen LogP contribution is 2.15. The van der Waals surface area contributed by atoms with Gasteiger partial charge in [-0.05, 0) is 12.1 Å². The summed E-state index contributed by atoms with van der Waals surface area (Å²) in [6.45, 7) is 0. The number of hydrogen-bond acceptors (Lipinski definition) is 6. The third-order valence-corrected chi connectivity index (χ3v) is 2.19. The molecule has 0 saturated carbocycles. The summed E-state index contributed by atoms with van der Waals surface area (Å²) in [6, 6.07) is 5.19. The molecule has 0 fully saturated rings. The van der Waals surface area contributed by atoms with Gasteiger partial charge in [0.25, 0.3) is 11.6 Å². The van der Waals surface area contributed by atoms with Crippen molar-refractivity contribution in [2.45, 2.75) is 0 Å². The minimum absolute atomic E-state index is 0.101. The van der Waals surface area contributed by atoms with Gasteiger partial charge in [0, 0.05) is 23.9 Å². The van der Waals surface area contributed by atoms with Crippen LogP contribution in [0, 0.1) is 20.9 Å². The van der Waals surface area contributed by atoms with Gasteiger partial charge in [-0.3, -0.25) is 25.7 Å². The highest BCUT2D eigenvalue weighted by molar-refractivity contribution is 6.44. The van der Waals surface area contributed by atoms with Crippen molar-refractivity contribution in [3.8, 4) is 0 Å². The van der Waals surface area contributed by atoms with Crippen molar-refractivity contribution in [1.29, 1.82) is 10.8 Å². The van der Waals surface area contributed by atoms with E-state index < -0.39 is 22.4 Å². The molecule has 0 atom stereocenters. The van der Waals surface area contributed by atoms with Crippen LogP contribution in [0.5, 0.6) is 0 Å². The number of nitro groups is 1. The fourth-order valence-electron chi connectivity index (χ4n) is 1.21. The van der Waals surface area contributed by atoms with Gasteiger partial charge in [-0.25, -0.2) is 0 Å². The van der Waals surface area contributed by atoms with E-state index in [9.17, 15) is 14.9 Å². The number of non-ortho nitro benzene ring substituents is 1. The summed E-state index contributed by atoms with van der Waals surface area (Å²) in [4.78, 5) is 21.5. The molecule has 1 aromatic rings. The maximum Gasteiger partial charge on any atom is 0.269 e. The Morgan fingerprint density at radius 1 is 1.25 bits per heavy atom. The van der Waals surface area contributed by atoms with E-state index in [1.165, 1.54) is 24.3 Å². The van der Waals surface area contributed by atoms with E-state index >= 15 is 0 Å². The highest BCUT2D eigenvalue weighted by atomic mass is 16.6. The van der Waals surface area contributed by atoms with E-state index in [-0.39, 0.29) is 11.4 Å². The van der Waals surface area contributed by atoms with Crippen molar-refractivity contribution >= 4 is 28.8 Å². The third-order valence-electron chi connectivity index (χ3n) is 2.19. The van der Waals surface area contributed by atoms with Gasteiger partial charge in [-0.2, -0.15) is 0 Å². The first-order valence-electron chi connectivity index (χ1n) is 5.27. The Balaban J connectivity index is 2.76. The average molecular weight is 276 g/mol. The van der Waals surface area contributed by atoms with Crippen LogP contribution in [-0.4, -0.2) is 22.4 Å². The summed E-state index contributed by atoms with van der Waals surface area (Å²) in [5, 5.41) is 27.2. The lowest BCUT2D eigenvalue weighted by atomic mass is 10.2. The van der Waals surface area contributed by atoms with Gasteiger partial charge in [0.2, 0.25) is 0 Å². The van der Waals surface area contributed by atoms with E-state index in [4.69, 9.17) is 22.3 Å². The molecule has 104 valence electrons. The number of anilines is 1. The van der Waals surface area contributed by atoms with E-state index in [1.807, 2.05) is 0 Å². The molecule has 0 spiro atoms. The highest BCUT2D eigenvalue weighted by Gasteiger charge is 2.08. The number of carbonyl (C=O) groups excluding carboxylic acids is 1. The normalized spacial score (nSPS) is 10.7. The third kappa shape index (κ3) is 3.91. The lowest BCUT2D eigenvalue weighted by Gasteiger charge is -2.04. The van der Waals surface area contributed by atoms with Gasteiger partial charge in [0.05, 0.1) is 10.6 Å². The molecule has 9 nitrogen and oxygen atoms in total. The van der Waals surface area contributed by atoms with Gasteiger partial charge >= 0.3 is 0 Å². The second kappa shape index (κ2) is 6.09. The van der Waals surface area contributed by atoms with Crippen LogP contribution in [0.3, 0.4) is 0 Å². The Morgan fingerprint density at radius 2 is 1.80 bits per heavy atom. The van der Waals surface area contributed by atoms with Crippen LogP contribution < -0.4 is 16.8 Å². The molecule has 0 radical (unpaired) electrons. The lowest BCUT2D eigenvalue weighted by molar-refractivity contribution is -0.384. The van der Waals surface area contributed by atoms with Gasteiger partial charge in [0.15, 0.2) is 0 Å². The Morgan fingerprint density at radius 3 is 2.25 bits per heavy atom. The molecule has 7 N–H and O–H groups in total. The van der Waals surface area contributed by atoms with Crippen LogP contribution >= 0.6 is 0 Å². The summed E-state index contributed by atoms with van der Waals surface area (Å²) in [7, 11) is 0. The van der Waals surface area contributed by atoms with Crippen molar-refractivity contribution < 1.29 is 9.72 Å². The van der Waals surface area contributed by atoms with Gasteiger partial charge in [0.1, 0.15) is 11.5 Å².